The summed E-state index contributed by atoms with van der Waals surface area (Å²) in [4.78, 5) is 68.3. The van der Waals surface area contributed by atoms with Crippen LogP contribution in [-0.4, -0.2) is 65.2 Å². The summed E-state index contributed by atoms with van der Waals surface area (Å²) >= 11 is 0. The lowest BCUT2D eigenvalue weighted by molar-refractivity contribution is 0.0585. The highest BCUT2D eigenvalue weighted by Crippen LogP contribution is 2.19. The average Bonchev–Trinajstić information content (AvgIpc) is 3.44. The molecule has 0 bridgehead atoms. The number of esters is 2. The molecule has 0 spiro atoms. The second-order valence-electron chi connectivity index (χ2n) is 8.38. The zero-order chi connectivity index (χ0) is 28.0. The van der Waals surface area contributed by atoms with Gasteiger partial charge in [-0.2, -0.15) is 0 Å². The number of fused-ring (bicyclic) bond motifs is 2. The van der Waals surface area contributed by atoms with Gasteiger partial charge in [0.25, 0.3) is 0 Å². The van der Waals surface area contributed by atoms with Crippen LogP contribution in [0.4, 0.5) is 0 Å². The summed E-state index contributed by atoms with van der Waals surface area (Å²) in [6.45, 7) is 8.04. The molecule has 0 unspecified atom stereocenters. The molecule has 0 aliphatic heterocycles. The number of aromatic amines is 2. The van der Waals surface area contributed by atoms with Crippen molar-refractivity contribution in [3.8, 4) is 0 Å². The SMILES string of the molecule is CCC(CC)n1c(=O)[nH]c2nc(C(=O)OC)cnc21.CCC(CC)n1c(=O)[nH]c2nc(C(=O)OC)cnc21. The Balaban J connectivity index is 0.000000211. The Morgan fingerprint density at radius 2 is 1.08 bits per heavy atom. The smallest absolute Gasteiger partial charge is 0.358 e. The minimum atomic E-state index is -0.578. The lowest BCUT2D eigenvalue weighted by Crippen LogP contribution is -2.21. The molecule has 38 heavy (non-hydrogen) atoms. The Bertz CT molecular complexity index is 1430. The molecule has 14 heteroatoms. The molecule has 4 aromatic rings. The predicted molar refractivity (Wildman–Crippen MR) is 138 cm³/mol. The highest BCUT2D eigenvalue weighted by molar-refractivity contribution is 5.89. The van der Waals surface area contributed by atoms with Crippen LogP contribution in [0.2, 0.25) is 0 Å². The maximum Gasteiger partial charge on any atom is 0.358 e. The number of hydrogen-bond acceptors (Lipinski definition) is 10. The number of aromatic nitrogens is 8. The number of ether oxygens (including phenoxy) is 2. The van der Waals surface area contributed by atoms with Gasteiger partial charge >= 0.3 is 23.3 Å². The molecule has 4 aromatic heterocycles. The summed E-state index contributed by atoms with van der Waals surface area (Å²) in [6, 6.07) is 0.138. The van der Waals surface area contributed by atoms with Crippen LogP contribution in [0.1, 0.15) is 86.4 Å². The van der Waals surface area contributed by atoms with E-state index < -0.39 is 11.9 Å². The second kappa shape index (κ2) is 12.3. The summed E-state index contributed by atoms with van der Waals surface area (Å²) in [7, 11) is 2.54. The van der Waals surface area contributed by atoms with E-state index in [0.29, 0.717) is 22.6 Å². The quantitative estimate of drug-likeness (QED) is 0.323. The lowest BCUT2D eigenvalue weighted by atomic mass is 10.2. The van der Waals surface area contributed by atoms with E-state index in [2.05, 4.69) is 39.4 Å². The van der Waals surface area contributed by atoms with Crippen LogP contribution >= 0.6 is 0 Å². The molecule has 0 amide bonds. The molecule has 0 radical (unpaired) electrons. The number of H-pyrrole nitrogens is 2. The van der Waals surface area contributed by atoms with Gasteiger partial charge in [-0.1, -0.05) is 27.7 Å². The summed E-state index contributed by atoms with van der Waals surface area (Å²) in [6.07, 6.45) is 5.93. The van der Waals surface area contributed by atoms with Crippen LogP contribution in [0.25, 0.3) is 22.6 Å². The Morgan fingerprint density at radius 1 is 0.737 bits per heavy atom. The summed E-state index contributed by atoms with van der Waals surface area (Å²) in [5, 5.41) is 0. The minimum absolute atomic E-state index is 0.0690. The number of methoxy groups -OCH3 is 2. The van der Waals surface area contributed by atoms with Crippen LogP contribution in [0.5, 0.6) is 0 Å². The molecule has 4 heterocycles. The van der Waals surface area contributed by atoms with Gasteiger partial charge in [0, 0.05) is 12.1 Å². The molecule has 0 saturated carbocycles. The lowest BCUT2D eigenvalue weighted by Gasteiger charge is -2.13. The van der Waals surface area contributed by atoms with Crippen molar-refractivity contribution in [1.29, 1.82) is 0 Å². The van der Waals surface area contributed by atoms with Crippen molar-refractivity contribution in [2.24, 2.45) is 0 Å². The van der Waals surface area contributed by atoms with E-state index in [1.165, 1.54) is 26.6 Å². The van der Waals surface area contributed by atoms with Crippen LogP contribution in [-0.2, 0) is 9.47 Å². The minimum Gasteiger partial charge on any atom is -0.464 e. The van der Waals surface area contributed by atoms with Crippen molar-refractivity contribution in [3.05, 3.63) is 44.8 Å². The van der Waals surface area contributed by atoms with Crippen molar-refractivity contribution >= 4 is 34.5 Å². The van der Waals surface area contributed by atoms with Crippen LogP contribution in [0.15, 0.2) is 22.0 Å². The van der Waals surface area contributed by atoms with E-state index in [4.69, 9.17) is 0 Å². The Morgan fingerprint density at radius 3 is 1.37 bits per heavy atom. The third-order valence-corrected chi connectivity index (χ3v) is 6.26. The standard InChI is InChI=1S/2C12H16N4O3/c2*1-4-7(5-2)16-10-9(15-12(16)18)14-8(6-13-10)11(17)19-3/h2*6-7H,4-5H2,1-3H3,(H,14,15,18). The first-order valence-corrected chi connectivity index (χ1v) is 12.3. The maximum atomic E-state index is 12.0. The van der Waals surface area contributed by atoms with Crippen LogP contribution in [0.3, 0.4) is 0 Å². The van der Waals surface area contributed by atoms with Crippen molar-refractivity contribution in [2.45, 2.75) is 65.5 Å². The summed E-state index contributed by atoms with van der Waals surface area (Å²) in [5.74, 6) is -1.16. The second-order valence-corrected chi connectivity index (χ2v) is 8.38. The monoisotopic (exact) mass is 528 g/mol. The number of imidazole rings is 2. The average molecular weight is 529 g/mol. The maximum absolute atomic E-state index is 12.0. The number of carbonyl (C=O) groups is 2. The third-order valence-electron chi connectivity index (χ3n) is 6.26. The van der Waals surface area contributed by atoms with Gasteiger partial charge in [0.2, 0.25) is 0 Å². The molecule has 0 aliphatic rings. The molecule has 2 N–H and O–H groups in total. The van der Waals surface area contributed by atoms with Gasteiger partial charge in [-0.3, -0.25) is 19.1 Å². The predicted octanol–water partition coefficient (Wildman–Crippen LogP) is 2.53. The molecule has 0 fully saturated rings. The van der Waals surface area contributed by atoms with Crippen molar-refractivity contribution in [3.63, 3.8) is 0 Å². The molecule has 0 aromatic carbocycles. The fourth-order valence-electron chi connectivity index (χ4n) is 4.19. The highest BCUT2D eigenvalue weighted by Gasteiger charge is 2.19. The number of carbonyl (C=O) groups excluding carboxylic acids is 2. The first-order chi connectivity index (χ1) is 18.2. The van der Waals surface area contributed by atoms with Crippen molar-refractivity contribution < 1.29 is 19.1 Å². The molecular formula is C24H32N8O6. The van der Waals surface area contributed by atoms with Crippen molar-refractivity contribution in [1.82, 2.24) is 39.0 Å². The van der Waals surface area contributed by atoms with Gasteiger partial charge < -0.3 is 9.47 Å². The zero-order valence-electron chi connectivity index (χ0n) is 22.3. The number of nitrogens with zero attached hydrogens (tertiary/aromatic N) is 6. The van der Waals surface area contributed by atoms with Gasteiger partial charge in [-0.15, -0.1) is 0 Å². The molecule has 4 rings (SSSR count). The number of hydrogen-bond donors (Lipinski definition) is 2. The molecule has 204 valence electrons. The molecular weight excluding hydrogens is 496 g/mol. The zero-order valence-corrected chi connectivity index (χ0v) is 22.3. The number of rotatable bonds is 8. The van der Waals surface area contributed by atoms with E-state index in [0.717, 1.165) is 25.7 Å². The van der Waals surface area contributed by atoms with E-state index in [1.807, 2.05) is 27.7 Å². The van der Waals surface area contributed by atoms with Crippen LogP contribution < -0.4 is 11.4 Å². The Labute approximate surface area is 217 Å². The van der Waals surface area contributed by atoms with E-state index in [-0.39, 0.29) is 34.9 Å². The normalized spacial score (nSPS) is 11.2. The fraction of sp³-hybridized carbons (Fsp3) is 0.500. The summed E-state index contributed by atoms with van der Waals surface area (Å²) in [5.41, 5.74) is 1.18. The summed E-state index contributed by atoms with van der Waals surface area (Å²) < 4.78 is 12.3. The highest BCUT2D eigenvalue weighted by atomic mass is 16.5. The topological polar surface area (TPSA) is 180 Å². The Hall–Kier alpha value is -4.36. The van der Waals surface area contributed by atoms with E-state index >= 15 is 0 Å². The van der Waals surface area contributed by atoms with Crippen molar-refractivity contribution in [2.75, 3.05) is 14.2 Å². The van der Waals surface area contributed by atoms with E-state index in [1.54, 1.807) is 9.13 Å². The van der Waals surface area contributed by atoms with Gasteiger partial charge in [0.05, 0.1) is 26.6 Å². The first-order valence-electron chi connectivity index (χ1n) is 12.3. The number of nitrogens with one attached hydrogen (secondary N) is 2. The van der Waals surface area contributed by atoms with Gasteiger partial charge in [0.1, 0.15) is 0 Å². The third kappa shape index (κ3) is 5.48. The Kier molecular flexibility index (Phi) is 9.10. The molecule has 14 nitrogen and oxygen atoms in total. The van der Waals surface area contributed by atoms with E-state index in [9.17, 15) is 19.2 Å². The molecule has 0 aliphatic carbocycles. The largest absolute Gasteiger partial charge is 0.464 e. The fourth-order valence-corrected chi connectivity index (χ4v) is 4.19. The van der Waals surface area contributed by atoms with Gasteiger partial charge in [-0.25, -0.2) is 39.1 Å². The molecule has 0 atom stereocenters. The van der Waals surface area contributed by atoms with Gasteiger partial charge in [-0.05, 0) is 25.7 Å². The first kappa shape index (κ1) is 28.2. The van der Waals surface area contributed by atoms with Crippen LogP contribution in [0, 0.1) is 0 Å². The molecule has 0 saturated heterocycles. The van der Waals surface area contributed by atoms with Gasteiger partial charge in [0.15, 0.2) is 34.0 Å².